The predicted octanol–water partition coefficient (Wildman–Crippen LogP) is 6.54. The van der Waals surface area contributed by atoms with Gasteiger partial charge >= 0.3 is 0 Å². The smallest absolute Gasteiger partial charge is 0.0406 e. The first-order chi connectivity index (χ1) is 12.7. The Morgan fingerprint density at radius 1 is 0.769 bits per heavy atom. The summed E-state index contributed by atoms with van der Waals surface area (Å²) in [5.74, 6) is 0. The standard InChI is InChI=1S/C21H20ClNS.C2H6/c22-20-9-6-16(7-10-20)12-18-8-11-21(24)19(13-18)15-23-14-17-4-2-1-3-5-17;1-2/h1-11,13,23-24H,12,14-15H2;1-2H3. The number of halogens is 1. The van der Waals surface area contributed by atoms with Crippen molar-refractivity contribution in [1.29, 1.82) is 0 Å². The van der Waals surface area contributed by atoms with E-state index in [2.05, 4.69) is 72.5 Å². The molecule has 3 aromatic carbocycles. The summed E-state index contributed by atoms with van der Waals surface area (Å²) in [6.07, 6.45) is 0.900. The molecule has 0 atom stereocenters. The summed E-state index contributed by atoms with van der Waals surface area (Å²) in [6, 6.07) is 24.9. The second kappa shape index (κ2) is 11.1. The molecule has 0 fully saturated rings. The molecule has 3 heteroatoms. The van der Waals surface area contributed by atoms with Crippen molar-refractivity contribution in [3.63, 3.8) is 0 Å². The number of hydrogen-bond donors (Lipinski definition) is 2. The Balaban J connectivity index is 0.00000117. The van der Waals surface area contributed by atoms with Crippen LogP contribution in [0.4, 0.5) is 0 Å². The van der Waals surface area contributed by atoms with Gasteiger partial charge in [0.15, 0.2) is 0 Å². The topological polar surface area (TPSA) is 12.0 Å². The molecule has 0 saturated carbocycles. The third-order valence-electron chi connectivity index (χ3n) is 3.95. The molecule has 0 spiro atoms. The number of thiol groups is 1. The molecular formula is C23H26ClNS. The van der Waals surface area contributed by atoms with Gasteiger partial charge in [0.25, 0.3) is 0 Å². The molecule has 26 heavy (non-hydrogen) atoms. The van der Waals surface area contributed by atoms with E-state index in [1.54, 1.807) is 0 Å². The first-order valence-corrected chi connectivity index (χ1v) is 9.83. The van der Waals surface area contributed by atoms with Gasteiger partial charge in [-0.3, -0.25) is 0 Å². The van der Waals surface area contributed by atoms with Gasteiger partial charge in [0.05, 0.1) is 0 Å². The van der Waals surface area contributed by atoms with Crippen molar-refractivity contribution < 1.29 is 0 Å². The van der Waals surface area contributed by atoms with Crippen LogP contribution < -0.4 is 5.32 Å². The second-order valence-electron chi connectivity index (χ2n) is 5.86. The molecule has 136 valence electrons. The maximum absolute atomic E-state index is 5.95. The Morgan fingerprint density at radius 3 is 2.12 bits per heavy atom. The van der Waals surface area contributed by atoms with Crippen molar-refractivity contribution >= 4 is 24.2 Å². The van der Waals surface area contributed by atoms with Crippen LogP contribution in [0.15, 0.2) is 77.7 Å². The molecule has 3 aromatic rings. The predicted molar refractivity (Wildman–Crippen MR) is 116 cm³/mol. The molecular weight excluding hydrogens is 358 g/mol. The van der Waals surface area contributed by atoms with E-state index in [1.807, 2.05) is 32.0 Å². The Morgan fingerprint density at radius 2 is 1.42 bits per heavy atom. The fourth-order valence-corrected chi connectivity index (χ4v) is 3.01. The zero-order valence-electron chi connectivity index (χ0n) is 15.4. The summed E-state index contributed by atoms with van der Waals surface area (Å²) in [5, 5.41) is 4.26. The molecule has 0 aromatic heterocycles. The highest BCUT2D eigenvalue weighted by molar-refractivity contribution is 7.80. The quantitative estimate of drug-likeness (QED) is 0.461. The Bertz CT molecular complexity index is 785. The minimum Gasteiger partial charge on any atom is -0.309 e. The van der Waals surface area contributed by atoms with Gasteiger partial charge in [-0.05, 0) is 46.9 Å². The minimum atomic E-state index is 0.773. The molecule has 0 aliphatic carbocycles. The SMILES string of the molecule is CC.Sc1ccc(Cc2ccc(Cl)cc2)cc1CNCc1ccccc1. The van der Waals surface area contributed by atoms with Crippen LogP contribution in [0.25, 0.3) is 0 Å². The third kappa shape index (κ3) is 6.53. The van der Waals surface area contributed by atoms with E-state index in [-0.39, 0.29) is 0 Å². The fourth-order valence-electron chi connectivity index (χ4n) is 2.67. The molecule has 0 radical (unpaired) electrons. The summed E-state index contributed by atoms with van der Waals surface area (Å²) >= 11 is 10.5. The lowest BCUT2D eigenvalue weighted by Gasteiger charge is -2.10. The van der Waals surface area contributed by atoms with E-state index in [1.165, 1.54) is 22.3 Å². The van der Waals surface area contributed by atoms with Crippen molar-refractivity contribution in [1.82, 2.24) is 5.32 Å². The van der Waals surface area contributed by atoms with Gasteiger partial charge in [-0.25, -0.2) is 0 Å². The average Bonchev–Trinajstić information content (AvgIpc) is 2.68. The minimum absolute atomic E-state index is 0.773. The number of hydrogen-bond acceptors (Lipinski definition) is 2. The van der Waals surface area contributed by atoms with E-state index < -0.39 is 0 Å². The van der Waals surface area contributed by atoms with Gasteiger partial charge in [-0.15, -0.1) is 12.6 Å². The molecule has 0 aliphatic rings. The van der Waals surface area contributed by atoms with Crippen LogP contribution in [0.2, 0.25) is 5.02 Å². The van der Waals surface area contributed by atoms with Crippen LogP contribution in [-0.2, 0) is 19.5 Å². The van der Waals surface area contributed by atoms with Crippen molar-refractivity contribution in [3.05, 3.63) is 100 Å². The molecule has 0 amide bonds. The van der Waals surface area contributed by atoms with Gasteiger partial charge in [0.2, 0.25) is 0 Å². The van der Waals surface area contributed by atoms with Crippen LogP contribution in [-0.4, -0.2) is 0 Å². The van der Waals surface area contributed by atoms with Crippen LogP contribution in [0, 0.1) is 0 Å². The highest BCUT2D eigenvalue weighted by atomic mass is 35.5. The molecule has 0 saturated heterocycles. The highest BCUT2D eigenvalue weighted by Crippen LogP contribution is 2.19. The largest absolute Gasteiger partial charge is 0.309 e. The maximum Gasteiger partial charge on any atom is 0.0406 e. The monoisotopic (exact) mass is 383 g/mol. The van der Waals surface area contributed by atoms with Gasteiger partial charge in [-0.1, -0.05) is 80.0 Å². The summed E-state index contributed by atoms with van der Waals surface area (Å²) < 4.78 is 0. The van der Waals surface area contributed by atoms with Crippen LogP contribution in [0.5, 0.6) is 0 Å². The summed E-state index contributed by atoms with van der Waals surface area (Å²) in [7, 11) is 0. The van der Waals surface area contributed by atoms with E-state index in [9.17, 15) is 0 Å². The van der Waals surface area contributed by atoms with Crippen molar-refractivity contribution in [2.75, 3.05) is 0 Å². The van der Waals surface area contributed by atoms with Crippen LogP contribution in [0.3, 0.4) is 0 Å². The van der Waals surface area contributed by atoms with E-state index in [0.717, 1.165) is 29.4 Å². The zero-order valence-corrected chi connectivity index (χ0v) is 17.0. The molecule has 1 N–H and O–H groups in total. The van der Waals surface area contributed by atoms with Crippen LogP contribution in [0.1, 0.15) is 36.1 Å². The summed E-state index contributed by atoms with van der Waals surface area (Å²) in [6.45, 7) is 5.66. The number of benzene rings is 3. The van der Waals surface area contributed by atoms with Crippen molar-refractivity contribution in [2.24, 2.45) is 0 Å². The Labute approximate surface area is 167 Å². The van der Waals surface area contributed by atoms with E-state index in [0.29, 0.717) is 0 Å². The van der Waals surface area contributed by atoms with Gasteiger partial charge in [0.1, 0.15) is 0 Å². The molecule has 0 heterocycles. The molecule has 0 unspecified atom stereocenters. The van der Waals surface area contributed by atoms with Crippen molar-refractivity contribution in [3.8, 4) is 0 Å². The zero-order chi connectivity index (χ0) is 18.8. The second-order valence-corrected chi connectivity index (χ2v) is 6.77. The first-order valence-electron chi connectivity index (χ1n) is 9.00. The fraction of sp³-hybridized carbons (Fsp3) is 0.217. The first kappa shape index (κ1) is 20.6. The van der Waals surface area contributed by atoms with Crippen LogP contribution >= 0.6 is 24.2 Å². The molecule has 3 rings (SSSR count). The number of rotatable bonds is 6. The van der Waals surface area contributed by atoms with Crippen molar-refractivity contribution in [2.45, 2.75) is 38.3 Å². The van der Waals surface area contributed by atoms with E-state index in [4.69, 9.17) is 11.6 Å². The molecule has 0 bridgehead atoms. The molecule has 1 nitrogen and oxygen atoms in total. The lowest BCUT2D eigenvalue weighted by molar-refractivity contribution is 0.685. The van der Waals surface area contributed by atoms with Gasteiger partial charge < -0.3 is 5.32 Å². The number of nitrogens with one attached hydrogen (secondary N) is 1. The summed E-state index contributed by atoms with van der Waals surface area (Å²) in [5.41, 5.74) is 5.05. The Hall–Kier alpha value is -1.74. The lowest BCUT2D eigenvalue weighted by Crippen LogP contribution is -2.13. The lowest BCUT2D eigenvalue weighted by atomic mass is 10.0. The Kier molecular flexibility index (Phi) is 8.76. The normalized spacial score (nSPS) is 10.2. The van der Waals surface area contributed by atoms with Gasteiger partial charge in [0, 0.05) is 23.0 Å². The van der Waals surface area contributed by atoms with E-state index >= 15 is 0 Å². The third-order valence-corrected chi connectivity index (χ3v) is 4.64. The highest BCUT2D eigenvalue weighted by Gasteiger charge is 2.03. The molecule has 0 aliphatic heterocycles. The van der Waals surface area contributed by atoms with Gasteiger partial charge in [-0.2, -0.15) is 0 Å². The summed E-state index contributed by atoms with van der Waals surface area (Å²) in [4.78, 5) is 1.02. The maximum atomic E-state index is 5.95. The average molecular weight is 384 g/mol.